The predicted octanol–water partition coefficient (Wildman–Crippen LogP) is 5.19. The predicted molar refractivity (Wildman–Crippen MR) is 140 cm³/mol. The summed E-state index contributed by atoms with van der Waals surface area (Å²) in [7, 11) is 0. The number of hydrogen-bond donors (Lipinski definition) is 3. The van der Waals surface area contributed by atoms with E-state index in [1.165, 1.54) is 0 Å². The lowest BCUT2D eigenvalue weighted by Crippen LogP contribution is -2.48. The summed E-state index contributed by atoms with van der Waals surface area (Å²) in [6, 6.07) is 12.4. The van der Waals surface area contributed by atoms with Crippen molar-refractivity contribution in [2.24, 2.45) is 22.6 Å². The van der Waals surface area contributed by atoms with Gasteiger partial charge in [-0.3, -0.25) is 14.4 Å². The van der Waals surface area contributed by atoms with Gasteiger partial charge in [0.1, 0.15) is 0 Å². The number of carbonyl (C=O) groups excluding carboxylic acids is 3. The van der Waals surface area contributed by atoms with E-state index < -0.39 is 73.8 Å². The van der Waals surface area contributed by atoms with Crippen molar-refractivity contribution in [2.45, 2.75) is 64.5 Å². The minimum Gasteiger partial charge on any atom is -0.369 e. The number of rotatable bonds is 10. The highest BCUT2D eigenvalue weighted by Gasteiger charge is 2.40. The summed E-state index contributed by atoms with van der Waals surface area (Å²) >= 11 is 0. The maximum Gasteiger partial charge on any atom is 0.389 e. The Morgan fingerprint density at radius 2 is 1.61 bits per heavy atom. The molecule has 13 heteroatoms. The van der Waals surface area contributed by atoms with Crippen LogP contribution in [-0.4, -0.2) is 42.0 Å². The van der Waals surface area contributed by atoms with Crippen molar-refractivity contribution in [2.75, 3.05) is 5.32 Å². The molecule has 0 spiro atoms. The fourth-order valence-electron chi connectivity index (χ4n) is 4.75. The van der Waals surface area contributed by atoms with Crippen molar-refractivity contribution in [3.05, 3.63) is 64.7 Å². The molecule has 1 heterocycles. The molecule has 3 amide bonds. The molecule has 2 aromatic carbocycles. The van der Waals surface area contributed by atoms with Gasteiger partial charge in [0, 0.05) is 35.8 Å². The first-order valence-corrected chi connectivity index (χ1v) is 12.9. The van der Waals surface area contributed by atoms with E-state index in [0.717, 1.165) is 11.1 Å². The topological polar surface area (TPSA) is 114 Å². The van der Waals surface area contributed by atoms with Crippen molar-refractivity contribution in [3.8, 4) is 0 Å². The maximum atomic E-state index is 13.3. The molecule has 3 unspecified atom stereocenters. The molecule has 222 valence electrons. The quantitative estimate of drug-likeness (QED) is 0.334. The molecule has 3 atom stereocenters. The Bertz CT molecular complexity index is 1320. The van der Waals surface area contributed by atoms with Crippen LogP contribution in [0.5, 0.6) is 0 Å². The molecular formula is C28H30F6N4O3. The van der Waals surface area contributed by atoms with Gasteiger partial charge in [-0.25, -0.2) is 4.99 Å². The van der Waals surface area contributed by atoms with Gasteiger partial charge in [-0.05, 0) is 37.8 Å². The van der Waals surface area contributed by atoms with Crippen LogP contribution in [0.25, 0.3) is 0 Å². The van der Waals surface area contributed by atoms with Crippen molar-refractivity contribution in [1.29, 1.82) is 0 Å². The molecule has 1 aliphatic rings. The number of aliphatic imine (C=N–C) groups is 1. The fraction of sp³-hybridized carbons (Fsp3) is 0.429. The lowest BCUT2D eigenvalue weighted by atomic mass is 9.83. The molecule has 0 aromatic heterocycles. The lowest BCUT2D eigenvalue weighted by Gasteiger charge is -2.26. The second-order valence-electron chi connectivity index (χ2n) is 9.86. The van der Waals surface area contributed by atoms with Crippen LogP contribution in [-0.2, 0) is 20.8 Å². The number of carbonyl (C=O) groups is 3. The van der Waals surface area contributed by atoms with Gasteiger partial charge in [-0.15, -0.1) is 0 Å². The van der Waals surface area contributed by atoms with E-state index in [9.17, 15) is 40.7 Å². The third kappa shape index (κ3) is 8.54. The van der Waals surface area contributed by atoms with Crippen LogP contribution in [0, 0.1) is 18.8 Å². The maximum absolute atomic E-state index is 13.3. The Morgan fingerprint density at radius 3 is 2.17 bits per heavy atom. The van der Waals surface area contributed by atoms with E-state index in [2.05, 4.69) is 15.6 Å². The van der Waals surface area contributed by atoms with E-state index in [4.69, 9.17) is 5.73 Å². The molecule has 0 saturated carbocycles. The number of fused-ring (bicyclic) bond motifs is 1. The van der Waals surface area contributed by atoms with Crippen molar-refractivity contribution in [3.63, 3.8) is 0 Å². The van der Waals surface area contributed by atoms with Crippen LogP contribution in [0.4, 0.5) is 32.0 Å². The number of hydrogen-bond acceptors (Lipinski definition) is 4. The molecule has 0 bridgehead atoms. The van der Waals surface area contributed by atoms with Crippen LogP contribution in [0.2, 0.25) is 0 Å². The van der Waals surface area contributed by atoms with Crippen molar-refractivity contribution in [1.82, 2.24) is 5.32 Å². The van der Waals surface area contributed by atoms with Gasteiger partial charge in [-0.1, -0.05) is 48.9 Å². The fourth-order valence-corrected chi connectivity index (χ4v) is 4.75. The summed E-state index contributed by atoms with van der Waals surface area (Å²) in [6.07, 6.45) is -15.7. The molecule has 0 fully saturated rings. The Hall–Kier alpha value is -3.90. The summed E-state index contributed by atoms with van der Waals surface area (Å²) in [5, 5.41) is 4.98. The molecule has 0 aliphatic carbocycles. The Morgan fingerprint density at radius 1 is 1.00 bits per heavy atom. The minimum atomic E-state index is -4.76. The second-order valence-corrected chi connectivity index (χ2v) is 9.86. The monoisotopic (exact) mass is 584 g/mol. The number of halogens is 6. The first-order valence-electron chi connectivity index (χ1n) is 12.9. The summed E-state index contributed by atoms with van der Waals surface area (Å²) in [5.74, 6) is -7.17. The number of aryl methyl sites for hydroxylation is 2. The smallest absolute Gasteiger partial charge is 0.369 e. The Labute approximate surface area is 232 Å². The number of amides is 3. The third-order valence-electron chi connectivity index (χ3n) is 6.78. The molecule has 2 aromatic rings. The third-order valence-corrected chi connectivity index (χ3v) is 6.78. The molecule has 3 rings (SSSR count). The summed E-state index contributed by atoms with van der Waals surface area (Å²) < 4.78 is 77.9. The van der Waals surface area contributed by atoms with Crippen LogP contribution in [0.3, 0.4) is 0 Å². The first kappa shape index (κ1) is 31.6. The zero-order valence-electron chi connectivity index (χ0n) is 22.3. The van der Waals surface area contributed by atoms with Gasteiger partial charge < -0.3 is 16.4 Å². The number of nitrogens with two attached hydrogens (primary N) is 1. The first-order chi connectivity index (χ1) is 19.1. The molecule has 7 nitrogen and oxygen atoms in total. The van der Waals surface area contributed by atoms with E-state index in [-0.39, 0.29) is 0 Å². The van der Waals surface area contributed by atoms with E-state index in [0.29, 0.717) is 28.9 Å². The summed E-state index contributed by atoms with van der Waals surface area (Å²) in [4.78, 5) is 43.1. The molecule has 4 N–H and O–H groups in total. The molecule has 0 radical (unpaired) electrons. The van der Waals surface area contributed by atoms with Gasteiger partial charge >= 0.3 is 12.4 Å². The van der Waals surface area contributed by atoms with E-state index >= 15 is 0 Å². The summed E-state index contributed by atoms with van der Waals surface area (Å²) in [5.41, 5.74) is 8.74. The Kier molecular flexibility index (Phi) is 9.82. The average molecular weight is 585 g/mol. The number of nitrogens with zero attached hydrogens (tertiary/aromatic N) is 1. The number of alkyl halides is 6. The number of benzene rings is 2. The number of benzodiazepines with no additional fused rings is 1. The number of primary amides is 1. The van der Waals surface area contributed by atoms with Gasteiger partial charge in [0.15, 0.2) is 0 Å². The average Bonchev–Trinajstić information content (AvgIpc) is 3.00. The van der Waals surface area contributed by atoms with Gasteiger partial charge in [-0.2, -0.15) is 26.3 Å². The van der Waals surface area contributed by atoms with Crippen LogP contribution in [0.1, 0.15) is 54.9 Å². The zero-order chi connectivity index (χ0) is 30.5. The summed E-state index contributed by atoms with van der Waals surface area (Å²) in [6.45, 7) is 3.70. The molecular weight excluding hydrogens is 554 g/mol. The Balaban J connectivity index is 2.04. The largest absolute Gasteiger partial charge is 0.389 e. The second kappa shape index (κ2) is 12.7. The van der Waals surface area contributed by atoms with E-state index in [1.807, 2.05) is 19.9 Å². The number of nitrogens with one attached hydrogen (secondary N) is 2. The normalized spacial score (nSPS) is 17.0. The highest BCUT2D eigenvalue weighted by atomic mass is 19.4. The highest BCUT2D eigenvalue weighted by molar-refractivity contribution is 6.20. The highest BCUT2D eigenvalue weighted by Crippen LogP contribution is 2.33. The SMILES string of the molecule is CCc1cccc2c1NC(=O)C(NC(=O)C(CCC(F)(F)F)C(CCC(F)(F)F)C(N)=O)N=C2c1cccc(C)c1. The van der Waals surface area contributed by atoms with Gasteiger partial charge in [0.2, 0.25) is 18.0 Å². The molecule has 41 heavy (non-hydrogen) atoms. The number of para-hydroxylation sites is 1. The lowest BCUT2D eigenvalue weighted by molar-refractivity contribution is -0.152. The molecule has 0 saturated heterocycles. The standard InChI is InChI=1S/C28H30F6N4O3/c1-3-16-7-5-9-20-21(16)37-26(41)24(36-22(20)17-8-4-6-15(2)14-17)38-25(40)19(11-13-28(32,33)34)18(23(35)39)10-12-27(29,30)31/h4-9,14,18-19,24H,3,10-13H2,1-2H3,(H2,35,39)(H,37,41)(H,38,40). The zero-order valence-corrected chi connectivity index (χ0v) is 22.3. The number of anilines is 1. The van der Waals surface area contributed by atoms with Crippen molar-refractivity contribution < 1.29 is 40.7 Å². The van der Waals surface area contributed by atoms with Crippen LogP contribution < -0.4 is 16.4 Å². The van der Waals surface area contributed by atoms with E-state index in [1.54, 1.807) is 36.4 Å². The molecule has 1 aliphatic heterocycles. The van der Waals surface area contributed by atoms with Crippen LogP contribution in [0.15, 0.2) is 47.5 Å². The van der Waals surface area contributed by atoms with Crippen molar-refractivity contribution >= 4 is 29.1 Å². The van der Waals surface area contributed by atoms with Gasteiger partial charge in [0.05, 0.1) is 11.4 Å². The minimum absolute atomic E-state index is 0.304. The van der Waals surface area contributed by atoms with Crippen LogP contribution >= 0.6 is 0 Å². The van der Waals surface area contributed by atoms with Gasteiger partial charge in [0.25, 0.3) is 5.91 Å².